The van der Waals surface area contributed by atoms with Gasteiger partial charge in [-0.25, -0.2) is 4.99 Å². The molecular formula is C10H11N. The second kappa shape index (κ2) is 3.18. The average molecular weight is 145 g/mol. The maximum atomic E-state index is 3.97. The maximum Gasteiger partial charge on any atom is 0.0734 e. The molecule has 0 spiro atoms. The summed E-state index contributed by atoms with van der Waals surface area (Å²) in [7, 11) is 0. The van der Waals surface area contributed by atoms with Gasteiger partial charge in [0.15, 0.2) is 0 Å². The SMILES string of the molecule is C=C=Nc1cc(C)cc(C)c1. The number of aliphatic imine (C=N–C) groups is 1. The minimum atomic E-state index is 0.928. The smallest absolute Gasteiger partial charge is 0.0734 e. The van der Waals surface area contributed by atoms with Crippen molar-refractivity contribution >= 4 is 11.6 Å². The Hall–Kier alpha value is -1.33. The van der Waals surface area contributed by atoms with Crippen LogP contribution in [0.2, 0.25) is 0 Å². The first-order valence-corrected chi connectivity index (χ1v) is 3.53. The molecule has 56 valence electrons. The predicted octanol–water partition coefficient (Wildman–Crippen LogP) is 2.79. The largest absolute Gasteiger partial charge is 0.207 e. The standard InChI is InChI=1S/C10H11N/c1-4-11-10-6-8(2)5-9(3)7-10/h5-7H,1H2,2-3H3. The van der Waals surface area contributed by atoms with Crippen molar-refractivity contribution in [1.82, 2.24) is 0 Å². The van der Waals surface area contributed by atoms with E-state index in [1.165, 1.54) is 11.1 Å². The lowest BCUT2D eigenvalue weighted by atomic mass is 10.1. The third-order valence-corrected chi connectivity index (χ3v) is 1.41. The van der Waals surface area contributed by atoms with E-state index in [1.807, 2.05) is 12.1 Å². The van der Waals surface area contributed by atoms with Gasteiger partial charge in [0.05, 0.1) is 5.69 Å². The molecule has 0 aromatic heterocycles. The highest BCUT2D eigenvalue weighted by atomic mass is 14.7. The Morgan fingerprint density at radius 2 is 1.73 bits per heavy atom. The summed E-state index contributed by atoms with van der Waals surface area (Å²) in [6.07, 6.45) is 0. The second-order valence-electron chi connectivity index (χ2n) is 2.62. The van der Waals surface area contributed by atoms with Crippen LogP contribution in [0, 0.1) is 13.8 Å². The highest BCUT2D eigenvalue weighted by Crippen LogP contribution is 2.15. The zero-order valence-electron chi connectivity index (χ0n) is 6.89. The van der Waals surface area contributed by atoms with Crippen LogP contribution in [0.3, 0.4) is 0 Å². The molecule has 0 atom stereocenters. The van der Waals surface area contributed by atoms with Gasteiger partial charge in [-0.1, -0.05) is 6.07 Å². The van der Waals surface area contributed by atoms with Gasteiger partial charge in [0, 0.05) is 0 Å². The van der Waals surface area contributed by atoms with E-state index in [2.05, 4.69) is 37.4 Å². The lowest BCUT2D eigenvalue weighted by Gasteiger charge is -1.97. The summed E-state index contributed by atoms with van der Waals surface area (Å²) < 4.78 is 0. The predicted molar refractivity (Wildman–Crippen MR) is 48.6 cm³/mol. The quantitative estimate of drug-likeness (QED) is 0.539. The summed E-state index contributed by atoms with van der Waals surface area (Å²) >= 11 is 0. The Balaban J connectivity index is 3.18. The third kappa shape index (κ3) is 2.06. The van der Waals surface area contributed by atoms with Gasteiger partial charge >= 0.3 is 0 Å². The third-order valence-electron chi connectivity index (χ3n) is 1.41. The number of aryl methyl sites for hydroxylation is 2. The van der Waals surface area contributed by atoms with Crippen molar-refractivity contribution in [3.05, 3.63) is 35.9 Å². The molecule has 0 bridgehead atoms. The van der Waals surface area contributed by atoms with Gasteiger partial charge < -0.3 is 0 Å². The van der Waals surface area contributed by atoms with Crippen molar-refractivity contribution in [2.24, 2.45) is 4.99 Å². The molecule has 0 heterocycles. The van der Waals surface area contributed by atoms with Crippen LogP contribution in [0.4, 0.5) is 5.69 Å². The van der Waals surface area contributed by atoms with Crippen LogP contribution in [0.15, 0.2) is 29.8 Å². The summed E-state index contributed by atoms with van der Waals surface area (Å²) in [6, 6.07) is 6.12. The van der Waals surface area contributed by atoms with Gasteiger partial charge in [0.25, 0.3) is 0 Å². The van der Waals surface area contributed by atoms with E-state index in [4.69, 9.17) is 0 Å². The van der Waals surface area contributed by atoms with Gasteiger partial charge in [-0.3, -0.25) is 0 Å². The van der Waals surface area contributed by atoms with Crippen molar-refractivity contribution in [2.75, 3.05) is 0 Å². The molecule has 0 amide bonds. The number of hydrogen-bond donors (Lipinski definition) is 0. The van der Waals surface area contributed by atoms with Crippen molar-refractivity contribution in [1.29, 1.82) is 0 Å². The van der Waals surface area contributed by atoms with Crippen molar-refractivity contribution in [3.63, 3.8) is 0 Å². The van der Waals surface area contributed by atoms with E-state index in [1.54, 1.807) is 0 Å². The molecule has 1 aromatic rings. The minimum Gasteiger partial charge on any atom is -0.207 e. The molecule has 1 aromatic carbocycles. The molecule has 0 unspecified atom stereocenters. The molecule has 0 aliphatic heterocycles. The number of benzene rings is 1. The van der Waals surface area contributed by atoms with Crippen LogP contribution in [-0.2, 0) is 0 Å². The molecule has 11 heavy (non-hydrogen) atoms. The summed E-state index contributed by atoms with van der Waals surface area (Å²) in [5.41, 5.74) is 3.37. The van der Waals surface area contributed by atoms with E-state index in [9.17, 15) is 0 Å². The fourth-order valence-corrected chi connectivity index (χ4v) is 1.11. The Morgan fingerprint density at radius 3 is 2.18 bits per heavy atom. The van der Waals surface area contributed by atoms with Gasteiger partial charge in [0.2, 0.25) is 0 Å². The number of rotatable bonds is 1. The van der Waals surface area contributed by atoms with Crippen LogP contribution >= 0.6 is 0 Å². The maximum absolute atomic E-state index is 3.97. The molecule has 0 aliphatic carbocycles. The topological polar surface area (TPSA) is 12.4 Å². The molecule has 1 heteroatoms. The van der Waals surface area contributed by atoms with Gasteiger partial charge in [-0.15, -0.1) is 0 Å². The lowest BCUT2D eigenvalue weighted by Crippen LogP contribution is -1.75. The average Bonchev–Trinajstić information content (AvgIpc) is 1.85. The molecule has 0 N–H and O–H groups in total. The summed E-state index contributed by atoms with van der Waals surface area (Å²) in [5.74, 6) is 2.51. The Kier molecular flexibility index (Phi) is 2.25. The molecule has 1 rings (SSSR count). The molecule has 0 saturated heterocycles. The van der Waals surface area contributed by atoms with E-state index < -0.39 is 0 Å². The van der Waals surface area contributed by atoms with Gasteiger partial charge in [-0.05, 0) is 49.6 Å². The van der Waals surface area contributed by atoms with E-state index in [-0.39, 0.29) is 0 Å². The first-order valence-electron chi connectivity index (χ1n) is 3.53. The van der Waals surface area contributed by atoms with Crippen LogP contribution in [0.25, 0.3) is 0 Å². The Morgan fingerprint density at radius 1 is 1.18 bits per heavy atom. The van der Waals surface area contributed by atoms with Gasteiger partial charge in [0.1, 0.15) is 0 Å². The number of hydrogen-bond acceptors (Lipinski definition) is 1. The summed E-state index contributed by atoms with van der Waals surface area (Å²) in [6.45, 7) is 7.53. The van der Waals surface area contributed by atoms with Crippen LogP contribution < -0.4 is 0 Å². The molecule has 0 saturated carbocycles. The molecule has 0 aliphatic rings. The molecule has 0 radical (unpaired) electrons. The van der Waals surface area contributed by atoms with Crippen LogP contribution in [0.5, 0.6) is 0 Å². The highest BCUT2D eigenvalue weighted by Gasteiger charge is 1.91. The Labute approximate surface area is 67.1 Å². The second-order valence-corrected chi connectivity index (χ2v) is 2.62. The lowest BCUT2D eigenvalue weighted by molar-refractivity contribution is 1.36. The Bertz CT molecular complexity index is 286. The summed E-state index contributed by atoms with van der Waals surface area (Å²) in [4.78, 5) is 3.97. The van der Waals surface area contributed by atoms with E-state index in [0.717, 1.165) is 5.69 Å². The fourth-order valence-electron chi connectivity index (χ4n) is 1.11. The van der Waals surface area contributed by atoms with Gasteiger partial charge in [-0.2, -0.15) is 0 Å². The first kappa shape index (κ1) is 7.77. The molecule has 1 nitrogen and oxygen atoms in total. The fraction of sp³-hybridized carbons (Fsp3) is 0.200. The minimum absolute atomic E-state index is 0.928. The van der Waals surface area contributed by atoms with E-state index in [0.29, 0.717) is 0 Å². The zero-order valence-corrected chi connectivity index (χ0v) is 6.89. The van der Waals surface area contributed by atoms with Crippen molar-refractivity contribution < 1.29 is 0 Å². The van der Waals surface area contributed by atoms with Crippen LogP contribution in [-0.4, -0.2) is 5.87 Å². The summed E-state index contributed by atoms with van der Waals surface area (Å²) in [5, 5.41) is 0. The monoisotopic (exact) mass is 145 g/mol. The highest BCUT2D eigenvalue weighted by molar-refractivity contribution is 5.56. The van der Waals surface area contributed by atoms with Crippen molar-refractivity contribution in [3.8, 4) is 0 Å². The first-order chi connectivity index (χ1) is 5.22. The van der Waals surface area contributed by atoms with Crippen molar-refractivity contribution in [2.45, 2.75) is 13.8 Å². The normalized spacial score (nSPS) is 8.91. The van der Waals surface area contributed by atoms with Crippen LogP contribution in [0.1, 0.15) is 11.1 Å². The van der Waals surface area contributed by atoms with E-state index >= 15 is 0 Å². The molecular weight excluding hydrogens is 134 g/mol. The molecule has 0 fully saturated rings. The zero-order chi connectivity index (χ0) is 8.27. The number of nitrogens with zero attached hydrogens (tertiary/aromatic N) is 1.